The normalized spacial score (nSPS) is 16.3. The Morgan fingerprint density at radius 1 is 1.12 bits per heavy atom. The number of benzene rings is 1. The first kappa shape index (κ1) is 18.7. The fourth-order valence-corrected chi connectivity index (χ4v) is 3.62. The molecule has 1 aliphatic heterocycles. The maximum Gasteiger partial charge on any atom is 0.220 e. The Morgan fingerprint density at radius 3 is 2.50 bits per heavy atom. The summed E-state index contributed by atoms with van der Waals surface area (Å²) in [6, 6.07) is 12.6. The molecule has 140 valence electrons. The van der Waals surface area contributed by atoms with Crippen LogP contribution >= 0.6 is 0 Å². The third-order valence-corrected chi connectivity index (χ3v) is 5.27. The van der Waals surface area contributed by atoms with Crippen LogP contribution in [-0.2, 0) is 17.6 Å². The number of rotatable bonds is 8. The summed E-state index contributed by atoms with van der Waals surface area (Å²) in [7, 11) is 0. The van der Waals surface area contributed by atoms with Gasteiger partial charge in [-0.2, -0.15) is 0 Å². The van der Waals surface area contributed by atoms with Crippen LogP contribution in [0.15, 0.2) is 47.1 Å². The zero-order valence-corrected chi connectivity index (χ0v) is 15.7. The van der Waals surface area contributed by atoms with Crippen LogP contribution in [0.5, 0.6) is 0 Å². The Hall–Kier alpha value is -2.07. The van der Waals surface area contributed by atoms with E-state index in [1.54, 1.807) is 6.26 Å². The number of amides is 1. The lowest BCUT2D eigenvalue weighted by atomic mass is 10.1. The van der Waals surface area contributed by atoms with Gasteiger partial charge in [-0.1, -0.05) is 37.6 Å². The van der Waals surface area contributed by atoms with Crippen LogP contribution in [0.3, 0.4) is 0 Å². The largest absolute Gasteiger partial charge is 0.468 e. The SMILES string of the molecule is CCc1ccc(CCC(=O)NCC(c2ccco2)N2CCCCC2)cc1. The highest BCUT2D eigenvalue weighted by Crippen LogP contribution is 2.24. The van der Waals surface area contributed by atoms with Crippen molar-refractivity contribution < 1.29 is 9.21 Å². The van der Waals surface area contributed by atoms with Crippen LogP contribution in [0, 0.1) is 0 Å². The monoisotopic (exact) mass is 354 g/mol. The number of nitrogens with one attached hydrogen (secondary N) is 1. The van der Waals surface area contributed by atoms with Gasteiger partial charge in [0.2, 0.25) is 5.91 Å². The van der Waals surface area contributed by atoms with Crippen molar-refractivity contribution in [3.8, 4) is 0 Å². The van der Waals surface area contributed by atoms with Crippen LogP contribution in [0.25, 0.3) is 0 Å². The van der Waals surface area contributed by atoms with E-state index in [1.807, 2.05) is 12.1 Å². The Bertz CT molecular complexity index is 658. The number of likely N-dealkylation sites (tertiary alicyclic amines) is 1. The van der Waals surface area contributed by atoms with Gasteiger partial charge in [-0.25, -0.2) is 0 Å². The van der Waals surface area contributed by atoms with Crippen molar-refractivity contribution in [2.24, 2.45) is 0 Å². The Balaban J connectivity index is 1.50. The van der Waals surface area contributed by atoms with Gasteiger partial charge in [0.05, 0.1) is 12.3 Å². The number of carbonyl (C=O) groups excluding carboxylic acids is 1. The molecule has 1 amide bonds. The van der Waals surface area contributed by atoms with Crippen LogP contribution in [-0.4, -0.2) is 30.4 Å². The van der Waals surface area contributed by atoms with E-state index in [0.29, 0.717) is 13.0 Å². The summed E-state index contributed by atoms with van der Waals surface area (Å²) in [5.41, 5.74) is 2.55. The van der Waals surface area contributed by atoms with Crippen molar-refractivity contribution in [1.29, 1.82) is 0 Å². The predicted octanol–water partition coefficient (Wildman–Crippen LogP) is 4.12. The quantitative estimate of drug-likeness (QED) is 0.776. The first-order valence-electron chi connectivity index (χ1n) is 9.88. The van der Waals surface area contributed by atoms with E-state index in [0.717, 1.165) is 31.7 Å². The van der Waals surface area contributed by atoms with Crippen LogP contribution in [0.2, 0.25) is 0 Å². The smallest absolute Gasteiger partial charge is 0.220 e. The van der Waals surface area contributed by atoms with Crippen molar-refractivity contribution in [2.75, 3.05) is 19.6 Å². The van der Waals surface area contributed by atoms with Gasteiger partial charge < -0.3 is 9.73 Å². The van der Waals surface area contributed by atoms with Gasteiger partial charge in [0.1, 0.15) is 5.76 Å². The van der Waals surface area contributed by atoms with Crippen molar-refractivity contribution >= 4 is 5.91 Å². The molecule has 2 heterocycles. The number of nitrogens with zero attached hydrogens (tertiary/aromatic N) is 1. The molecule has 0 saturated carbocycles. The van der Waals surface area contributed by atoms with Gasteiger partial charge in [-0.15, -0.1) is 0 Å². The van der Waals surface area contributed by atoms with Gasteiger partial charge in [-0.05, 0) is 62.0 Å². The molecule has 1 fully saturated rings. The molecule has 4 heteroatoms. The molecular formula is C22H30N2O2. The third-order valence-electron chi connectivity index (χ3n) is 5.27. The molecule has 2 aromatic rings. The topological polar surface area (TPSA) is 45.5 Å². The van der Waals surface area contributed by atoms with Gasteiger partial charge in [-0.3, -0.25) is 9.69 Å². The molecule has 1 saturated heterocycles. The molecule has 0 aliphatic carbocycles. The zero-order valence-electron chi connectivity index (χ0n) is 15.7. The fourth-order valence-electron chi connectivity index (χ4n) is 3.62. The van der Waals surface area contributed by atoms with E-state index in [2.05, 4.69) is 41.4 Å². The molecule has 3 rings (SSSR count). The van der Waals surface area contributed by atoms with Crippen molar-refractivity contribution in [1.82, 2.24) is 10.2 Å². The third kappa shape index (κ3) is 5.21. The lowest BCUT2D eigenvalue weighted by Crippen LogP contribution is -2.40. The number of furan rings is 1. The molecule has 1 unspecified atom stereocenters. The summed E-state index contributed by atoms with van der Waals surface area (Å²) in [6.07, 6.45) is 7.81. The van der Waals surface area contributed by atoms with E-state index in [4.69, 9.17) is 4.42 Å². The molecule has 1 N–H and O–H groups in total. The maximum atomic E-state index is 12.3. The van der Waals surface area contributed by atoms with Gasteiger partial charge in [0.15, 0.2) is 0 Å². The van der Waals surface area contributed by atoms with E-state index in [-0.39, 0.29) is 11.9 Å². The lowest BCUT2D eigenvalue weighted by molar-refractivity contribution is -0.121. The Labute approximate surface area is 156 Å². The highest BCUT2D eigenvalue weighted by Gasteiger charge is 2.24. The van der Waals surface area contributed by atoms with Gasteiger partial charge in [0, 0.05) is 13.0 Å². The van der Waals surface area contributed by atoms with Crippen LogP contribution < -0.4 is 5.32 Å². The van der Waals surface area contributed by atoms with Crippen LogP contribution in [0.1, 0.15) is 55.5 Å². The Kier molecular flexibility index (Phi) is 6.89. The number of carbonyl (C=O) groups is 1. The first-order valence-corrected chi connectivity index (χ1v) is 9.88. The van der Waals surface area contributed by atoms with E-state index < -0.39 is 0 Å². The highest BCUT2D eigenvalue weighted by atomic mass is 16.3. The molecule has 1 aromatic heterocycles. The predicted molar refractivity (Wildman–Crippen MR) is 104 cm³/mol. The summed E-state index contributed by atoms with van der Waals surface area (Å²) in [4.78, 5) is 14.8. The average molecular weight is 354 g/mol. The minimum Gasteiger partial charge on any atom is -0.468 e. The lowest BCUT2D eigenvalue weighted by Gasteiger charge is -2.33. The number of hydrogen-bond acceptors (Lipinski definition) is 3. The summed E-state index contributed by atoms with van der Waals surface area (Å²) in [6.45, 7) is 4.91. The first-order chi connectivity index (χ1) is 12.8. The summed E-state index contributed by atoms with van der Waals surface area (Å²) in [5.74, 6) is 1.06. The fraction of sp³-hybridized carbons (Fsp3) is 0.500. The second-order valence-corrected chi connectivity index (χ2v) is 7.10. The van der Waals surface area contributed by atoms with E-state index >= 15 is 0 Å². The molecule has 0 spiro atoms. The zero-order chi connectivity index (χ0) is 18.2. The highest BCUT2D eigenvalue weighted by molar-refractivity contribution is 5.76. The summed E-state index contributed by atoms with van der Waals surface area (Å²) >= 11 is 0. The van der Waals surface area contributed by atoms with E-state index in [9.17, 15) is 4.79 Å². The van der Waals surface area contributed by atoms with Gasteiger partial charge in [0.25, 0.3) is 0 Å². The molecule has 1 aliphatic rings. The van der Waals surface area contributed by atoms with E-state index in [1.165, 1.54) is 30.4 Å². The molecule has 1 atom stereocenters. The second-order valence-electron chi connectivity index (χ2n) is 7.10. The molecule has 0 radical (unpaired) electrons. The average Bonchev–Trinajstić information content (AvgIpc) is 3.22. The minimum absolute atomic E-state index is 0.109. The minimum atomic E-state index is 0.109. The van der Waals surface area contributed by atoms with Crippen LogP contribution in [0.4, 0.5) is 0 Å². The molecule has 0 bridgehead atoms. The second kappa shape index (κ2) is 9.58. The maximum absolute atomic E-state index is 12.3. The molecule has 4 nitrogen and oxygen atoms in total. The standard InChI is InChI=1S/C22H30N2O2/c1-2-18-8-10-19(11-9-18)12-13-22(25)23-17-20(21-7-6-16-26-21)24-14-4-3-5-15-24/h6-11,16,20H,2-5,12-15,17H2,1H3,(H,23,25). The number of piperidine rings is 1. The Morgan fingerprint density at radius 2 is 1.85 bits per heavy atom. The molecule has 1 aromatic carbocycles. The molecular weight excluding hydrogens is 324 g/mol. The summed E-state index contributed by atoms with van der Waals surface area (Å²) < 4.78 is 5.64. The van der Waals surface area contributed by atoms with Gasteiger partial charge >= 0.3 is 0 Å². The van der Waals surface area contributed by atoms with Crippen molar-refractivity contribution in [2.45, 2.75) is 51.5 Å². The number of hydrogen-bond donors (Lipinski definition) is 1. The number of aryl methyl sites for hydroxylation is 2. The van der Waals surface area contributed by atoms with Crippen molar-refractivity contribution in [3.05, 3.63) is 59.5 Å². The molecule has 26 heavy (non-hydrogen) atoms. The van der Waals surface area contributed by atoms with Crippen molar-refractivity contribution in [3.63, 3.8) is 0 Å². The summed E-state index contributed by atoms with van der Waals surface area (Å²) in [5, 5.41) is 3.12.